The molecule has 0 fully saturated rings. The van der Waals surface area contributed by atoms with E-state index in [-0.39, 0.29) is 6.61 Å². The molecule has 162 valence electrons. The summed E-state index contributed by atoms with van der Waals surface area (Å²) < 4.78 is 13.7. The third-order valence-electron chi connectivity index (χ3n) is 5.13. The molecule has 5 nitrogen and oxygen atoms in total. The summed E-state index contributed by atoms with van der Waals surface area (Å²) in [6.07, 6.45) is 6.07. The molecule has 0 amide bonds. The Balaban J connectivity index is 1.51. The molecule has 0 unspecified atom stereocenters. The van der Waals surface area contributed by atoms with E-state index in [4.69, 9.17) is 14.5 Å². The van der Waals surface area contributed by atoms with Gasteiger partial charge in [0.05, 0.1) is 24.2 Å². The molecule has 0 spiro atoms. The molecule has 1 N–H and O–H groups in total. The molecule has 5 heteroatoms. The highest BCUT2D eigenvalue weighted by Crippen LogP contribution is 2.20. The fourth-order valence-electron chi connectivity index (χ4n) is 3.55. The molecular formula is C25H34N2O3. The van der Waals surface area contributed by atoms with Gasteiger partial charge in [0.2, 0.25) is 0 Å². The highest BCUT2D eigenvalue weighted by Gasteiger charge is 2.14. The van der Waals surface area contributed by atoms with Crippen LogP contribution >= 0.6 is 0 Å². The summed E-state index contributed by atoms with van der Waals surface area (Å²) in [6.45, 7) is 5.79. The minimum Gasteiger partial charge on any atom is -0.494 e. The molecule has 0 aliphatic heterocycles. The molecule has 30 heavy (non-hydrogen) atoms. The van der Waals surface area contributed by atoms with Gasteiger partial charge in [0.15, 0.2) is 0 Å². The van der Waals surface area contributed by atoms with Gasteiger partial charge in [0.1, 0.15) is 30.0 Å². The number of fused-ring (bicyclic) bond motifs is 1. The minimum absolute atomic E-state index is 0.231. The van der Waals surface area contributed by atoms with Crippen molar-refractivity contribution in [3.8, 4) is 11.5 Å². The van der Waals surface area contributed by atoms with Crippen LogP contribution in [-0.4, -0.2) is 34.0 Å². The van der Waals surface area contributed by atoms with Crippen LogP contribution in [0, 0.1) is 0 Å². The van der Waals surface area contributed by atoms with Crippen molar-refractivity contribution in [2.75, 3.05) is 13.2 Å². The standard InChI is InChI=1S/C25H34N2O3/c1-3-5-6-9-17-29-21-13-15-22(16-14-21)30-19-20(28)18-27-24-12-8-7-11-23(24)26-25(27)10-4-2/h7-8,11-16,20,28H,3-6,9-10,17-19H2,1-2H3/t20-/m1/s1. The number of aromatic nitrogens is 2. The molecular weight excluding hydrogens is 376 g/mol. The lowest BCUT2D eigenvalue weighted by molar-refractivity contribution is 0.0927. The second-order valence-corrected chi connectivity index (χ2v) is 7.72. The van der Waals surface area contributed by atoms with Crippen LogP contribution in [0.25, 0.3) is 11.0 Å². The molecule has 0 aliphatic carbocycles. The number of hydrogen-bond acceptors (Lipinski definition) is 4. The number of aryl methyl sites for hydroxylation is 1. The Kier molecular flexibility index (Phi) is 8.57. The van der Waals surface area contributed by atoms with Crippen molar-refractivity contribution < 1.29 is 14.6 Å². The number of imidazole rings is 1. The molecule has 3 aromatic rings. The van der Waals surface area contributed by atoms with Crippen molar-refractivity contribution in [3.63, 3.8) is 0 Å². The van der Waals surface area contributed by atoms with Crippen LogP contribution in [0.5, 0.6) is 11.5 Å². The van der Waals surface area contributed by atoms with Crippen molar-refractivity contribution in [2.45, 2.75) is 65.0 Å². The molecule has 0 saturated carbocycles. The summed E-state index contributed by atoms with van der Waals surface area (Å²) in [7, 11) is 0. The first-order valence-corrected chi connectivity index (χ1v) is 11.2. The highest BCUT2D eigenvalue weighted by molar-refractivity contribution is 5.75. The molecule has 0 radical (unpaired) electrons. The van der Waals surface area contributed by atoms with E-state index in [1.54, 1.807) is 0 Å². The van der Waals surface area contributed by atoms with Gasteiger partial charge in [0.25, 0.3) is 0 Å². The van der Waals surface area contributed by atoms with Crippen LogP contribution in [0.2, 0.25) is 0 Å². The lowest BCUT2D eigenvalue weighted by Gasteiger charge is -2.16. The van der Waals surface area contributed by atoms with Crippen molar-refractivity contribution in [1.82, 2.24) is 9.55 Å². The third kappa shape index (κ3) is 6.23. The fraction of sp³-hybridized carbons (Fsp3) is 0.480. The maximum atomic E-state index is 10.6. The fourth-order valence-corrected chi connectivity index (χ4v) is 3.55. The van der Waals surface area contributed by atoms with Crippen molar-refractivity contribution >= 4 is 11.0 Å². The number of hydrogen-bond donors (Lipinski definition) is 1. The minimum atomic E-state index is -0.618. The Bertz CT molecular complexity index is 889. The Morgan fingerprint density at radius 2 is 1.63 bits per heavy atom. The number of aliphatic hydroxyl groups is 1. The number of benzene rings is 2. The molecule has 0 bridgehead atoms. The van der Waals surface area contributed by atoms with E-state index in [1.165, 1.54) is 19.3 Å². The summed E-state index contributed by atoms with van der Waals surface area (Å²) >= 11 is 0. The lowest BCUT2D eigenvalue weighted by atomic mass is 10.2. The van der Waals surface area contributed by atoms with Crippen molar-refractivity contribution in [1.29, 1.82) is 0 Å². The monoisotopic (exact) mass is 410 g/mol. The van der Waals surface area contributed by atoms with Crippen LogP contribution in [0.1, 0.15) is 51.8 Å². The molecule has 0 aliphatic rings. The van der Waals surface area contributed by atoms with E-state index in [1.807, 2.05) is 42.5 Å². The van der Waals surface area contributed by atoms with Gasteiger partial charge in [-0.25, -0.2) is 4.98 Å². The predicted molar refractivity (Wildman–Crippen MR) is 121 cm³/mol. The van der Waals surface area contributed by atoms with Gasteiger partial charge < -0.3 is 19.1 Å². The molecule has 3 rings (SSSR count). The van der Waals surface area contributed by atoms with E-state index in [0.717, 1.165) is 54.2 Å². The van der Waals surface area contributed by atoms with E-state index in [0.29, 0.717) is 6.54 Å². The second kappa shape index (κ2) is 11.6. The SMILES string of the molecule is CCCCCCOc1ccc(OC[C@H](O)Cn2c(CCC)nc3ccccc32)cc1. The Morgan fingerprint density at radius 1 is 0.900 bits per heavy atom. The number of ether oxygens (including phenoxy) is 2. The normalized spacial score (nSPS) is 12.2. The number of unbranched alkanes of at least 4 members (excludes halogenated alkanes) is 3. The van der Waals surface area contributed by atoms with E-state index >= 15 is 0 Å². The third-order valence-corrected chi connectivity index (χ3v) is 5.13. The number of para-hydroxylation sites is 2. The zero-order valence-electron chi connectivity index (χ0n) is 18.2. The van der Waals surface area contributed by atoms with Gasteiger partial charge in [-0.2, -0.15) is 0 Å². The molecule has 2 aromatic carbocycles. The number of aliphatic hydroxyl groups excluding tert-OH is 1. The Morgan fingerprint density at radius 3 is 2.37 bits per heavy atom. The first-order chi connectivity index (χ1) is 14.7. The molecule has 1 atom stereocenters. The highest BCUT2D eigenvalue weighted by atomic mass is 16.5. The van der Waals surface area contributed by atoms with E-state index < -0.39 is 6.10 Å². The van der Waals surface area contributed by atoms with Gasteiger partial charge in [-0.15, -0.1) is 0 Å². The van der Waals surface area contributed by atoms with Gasteiger partial charge in [-0.3, -0.25) is 0 Å². The summed E-state index contributed by atoms with van der Waals surface area (Å²) in [5.41, 5.74) is 2.03. The van der Waals surface area contributed by atoms with Gasteiger partial charge in [-0.1, -0.05) is 45.2 Å². The maximum Gasteiger partial charge on any atom is 0.119 e. The first-order valence-electron chi connectivity index (χ1n) is 11.2. The summed E-state index contributed by atoms with van der Waals surface area (Å²) in [6, 6.07) is 15.7. The van der Waals surface area contributed by atoms with Gasteiger partial charge in [0, 0.05) is 6.42 Å². The average molecular weight is 411 g/mol. The van der Waals surface area contributed by atoms with Crippen LogP contribution in [0.4, 0.5) is 0 Å². The second-order valence-electron chi connectivity index (χ2n) is 7.72. The Hall–Kier alpha value is -2.53. The van der Waals surface area contributed by atoms with Gasteiger partial charge in [-0.05, 0) is 49.2 Å². The topological polar surface area (TPSA) is 56.5 Å². The van der Waals surface area contributed by atoms with Crippen LogP contribution in [0.3, 0.4) is 0 Å². The molecule has 0 saturated heterocycles. The van der Waals surface area contributed by atoms with Crippen LogP contribution in [0.15, 0.2) is 48.5 Å². The number of rotatable bonds is 13. The first kappa shape index (κ1) is 22.2. The van der Waals surface area contributed by atoms with E-state index in [9.17, 15) is 5.11 Å². The zero-order chi connectivity index (χ0) is 21.2. The lowest BCUT2D eigenvalue weighted by Crippen LogP contribution is -2.24. The molecule has 1 heterocycles. The maximum absolute atomic E-state index is 10.6. The quantitative estimate of drug-likeness (QED) is 0.384. The van der Waals surface area contributed by atoms with E-state index in [2.05, 4.69) is 24.5 Å². The summed E-state index contributed by atoms with van der Waals surface area (Å²) in [5, 5.41) is 10.6. The average Bonchev–Trinajstić information content (AvgIpc) is 3.10. The summed E-state index contributed by atoms with van der Waals surface area (Å²) in [4.78, 5) is 4.72. The molecule has 1 aromatic heterocycles. The van der Waals surface area contributed by atoms with Crippen molar-refractivity contribution in [3.05, 3.63) is 54.4 Å². The number of nitrogens with zero attached hydrogens (tertiary/aromatic N) is 2. The predicted octanol–water partition coefficient (Wildman–Crippen LogP) is 5.39. The largest absolute Gasteiger partial charge is 0.494 e. The van der Waals surface area contributed by atoms with Gasteiger partial charge >= 0.3 is 0 Å². The zero-order valence-corrected chi connectivity index (χ0v) is 18.2. The smallest absolute Gasteiger partial charge is 0.119 e. The summed E-state index contributed by atoms with van der Waals surface area (Å²) in [5.74, 6) is 2.60. The van der Waals surface area contributed by atoms with Crippen LogP contribution in [-0.2, 0) is 13.0 Å². The van der Waals surface area contributed by atoms with Crippen LogP contribution < -0.4 is 9.47 Å². The Labute approximate surface area is 179 Å². The van der Waals surface area contributed by atoms with Crippen molar-refractivity contribution in [2.24, 2.45) is 0 Å².